The van der Waals surface area contributed by atoms with Crippen molar-refractivity contribution in [1.82, 2.24) is 4.90 Å². The van der Waals surface area contributed by atoms with Gasteiger partial charge < -0.3 is 4.74 Å². The summed E-state index contributed by atoms with van der Waals surface area (Å²) in [4.78, 5) is 39.3. The number of hydrogen-bond acceptors (Lipinski definition) is 4. The Morgan fingerprint density at radius 1 is 1.12 bits per heavy atom. The van der Waals surface area contributed by atoms with E-state index >= 15 is 0 Å². The number of amides is 2. The Bertz CT molecular complexity index is 696. The number of esters is 1. The highest BCUT2D eigenvalue weighted by Gasteiger charge is 2.61. The van der Waals surface area contributed by atoms with Gasteiger partial charge in [-0.25, -0.2) is 4.79 Å². The summed E-state index contributed by atoms with van der Waals surface area (Å²) in [6.07, 6.45) is 5.26. The van der Waals surface area contributed by atoms with Gasteiger partial charge in [-0.2, -0.15) is 0 Å². The number of ether oxygens (including phenoxy) is 1. The molecule has 5 atom stereocenters. The molecule has 0 aromatic heterocycles. The van der Waals surface area contributed by atoms with E-state index in [0.29, 0.717) is 0 Å². The topological polar surface area (TPSA) is 63.7 Å². The SMILES string of the molecule is COC(=O)C(Cc1ccccc1)N1C(=O)C2C3C=CC(C3)C2C1=O. The van der Waals surface area contributed by atoms with E-state index in [-0.39, 0.29) is 41.9 Å². The van der Waals surface area contributed by atoms with Gasteiger partial charge in [0.25, 0.3) is 0 Å². The number of methoxy groups -OCH3 is 1. The Balaban J connectivity index is 1.65. The van der Waals surface area contributed by atoms with Crippen molar-refractivity contribution in [3.05, 3.63) is 48.0 Å². The second kappa shape index (κ2) is 5.58. The third kappa shape index (κ3) is 2.11. The Hall–Kier alpha value is -2.43. The zero-order valence-corrected chi connectivity index (χ0v) is 13.4. The molecule has 5 nitrogen and oxygen atoms in total. The Morgan fingerprint density at radius 2 is 1.71 bits per heavy atom. The standard InChI is InChI=1S/C19H19NO4/c1-24-19(23)14(9-11-5-3-2-4-6-11)20-17(21)15-12-7-8-13(10-12)16(15)18(20)22/h2-8,12-16H,9-10H2,1H3. The van der Waals surface area contributed by atoms with Crippen LogP contribution in [0, 0.1) is 23.7 Å². The lowest BCUT2D eigenvalue weighted by Crippen LogP contribution is -2.48. The van der Waals surface area contributed by atoms with Gasteiger partial charge in [0.2, 0.25) is 11.8 Å². The number of hydrogen-bond donors (Lipinski definition) is 0. The van der Waals surface area contributed by atoms with Gasteiger partial charge in [0, 0.05) is 6.42 Å². The average molecular weight is 325 g/mol. The fraction of sp³-hybridized carbons (Fsp3) is 0.421. The Morgan fingerprint density at radius 3 is 2.25 bits per heavy atom. The summed E-state index contributed by atoms with van der Waals surface area (Å²) >= 11 is 0. The van der Waals surface area contributed by atoms with Crippen molar-refractivity contribution in [1.29, 1.82) is 0 Å². The monoisotopic (exact) mass is 325 g/mol. The molecular weight excluding hydrogens is 306 g/mol. The highest BCUT2D eigenvalue weighted by Crippen LogP contribution is 2.53. The highest BCUT2D eigenvalue weighted by atomic mass is 16.5. The number of nitrogens with zero attached hydrogens (tertiary/aromatic N) is 1. The molecule has 24 heavy (non-hydrogen) atoms. The van der Waals surface area contributed by atoms with Gasteiger partial charge in [0.1, 0.15) is 6.04 Å². The van der Waals surface area contributed by atoms with E-state index in [1.165, 1.54) is 12.0 Å². The first-order chi connectivity index (χ1) is 11.6. The maximum absolute atomic E-state index is 12.9. The zero-order valence-electron chi connectivity index (χ0n) is 13.4. The van der Waals surface area contributed by atoms with Gasteiger partial charge in [-0.15, -0.1) is 0 Å². The second-order valence-electron chi connectivity index (χ2n) is 6.78. The van der Waals surface area contributed by atoms with Crippen LogP contribution in [0.5, 0.6) is 0 Å². The van der Waals surface area contributed by atoms with Crippen molar-refractivity contribution in [2.75, 3.05) is 7.11 Å². The minimum absolute atomic E-state index is 0.136. The van der Waals surface area contributed by atoms with E-state index in [2.05, 4.69) is 0 Å². The second-order valence-corrected chi connectivity index (χ2v) is 6.78. The fourth-order valence-electron chi connectivity index (χ4n) is 4.49. The van der Waals surface area contributed by atoms with Crippen LogP contribution in [0.4, 0.5) is 0 Å². The van der Waals surface area contributed by atoms with Crippen LogP contribution in [0.25, 0.3) is 0 Å². The Labute approximate surface area is 140 Å². The Kier molecular flexibility index (Phi) is 3.52. The van der Waals surface area contributed by atoms with E-state index in [0.717, 1.165) is 12.0 Å². The normalized spacial score (nSPS) is 31.5. The third-order valence-electron chi connectivity index (χ3n) is 5.56. The molecule has 5 heteroatoms. The van der Waals surface area contributed by atoms with Crippen LogP contribution in [0.3, 0.4) is 0 Å². The van der Waals surface area contributed by atoms with Crippen LogP contribution in [-0.4, -0.2) is 35.8 Å². The molecule has 2 bridgehead atoms. The van der Waals surface area contributed by atoms with E-state index in [1.807, 2.05) is 42.5 Å². The number of allylic oxidation sites excluding steroid dienone is 2. The highest BCUT2D eigenvalue weighted by molar-refractivity contribution is 6.09. The fourth-order valence-corrected chi connectivity index (χ4v) is 4.49. The van der Waals surface area contributed by atoms with Gasteiger partial charge in [-0.05, 0) is 23.8 Å². The van der Waals surface area contributed by atoms with Crippen molar-refractivity contribution in [3.8, 4) is 0 Å². The third-order valence-corrected chi connectivity index (χ3v) is 5.56. The van der Waals surface area contributed by atoms with Crippen molar-refractivity contribution in [2.24, 2.45) is 23.7 Å². The molecule has 1 heterocycles. The van der Waals surface area contributed by atoms with E-state index in [1.54, 1.807) is 0 Å². The number of fused-ring (bicyclic) bond motifs is 5. The number of carbonyl (C=O) groups is 3. The summed E-state index contributed by atoms with van der Waals surface area (Å²) in [6.45, 7) is 0. The quantitative estimate of drug-likeness (QED) is 0.479. The van der Waals surface area contributed by atoms with E-state index < -0.39 is 12.0 Å². The van der Waals surface area contributed by atoms with Crippen molar-refractivity contribution >= 4 is 17.8 Å². The van der Waals surface area contributed by atoms with Crippen LogP contribution in [-0.2, 0) is 25.5 Å². The summed E-state index contributed by atoms with van der Waals surface area (Å²) in [5.41, 5.74) is 0.895. The molecule has 0 N–H and O–H groups in total. The molecular formula is C19H19NO4. The molecule has 2 fully saturated rings. The molecule has 2 aliphatic carbocycles. The first kappa shape index (κ1) is 15.1. The molecule has 1 aromatic rings. The molecule has 3 aliphatic rings. The lowest BCUT2D eigenvalue weighted by Gasteiger charge is -2.25. The molecule has 124 valence electrons. The average Bonchev–Trinajstić information content (AvgIpc) is 3.28. The summed E-state index contributed by atoms with van der Waals surface area (Å²) in [5, 5.41) is 0. The van der Waals surface area contributed by atoms with Gasteiger partial charge in [-0.1, -0.05) is 42.5 Å². The largest absolute Gasteiger partial charge is 0.467 e. The minimum Gasteiger partial charge on any atom is -0.467 e. The van der Waals surface area contributed by atoms with Crippen LogP contribution in [0.2, 0.25) is 0 Å². The molecule has 2 amide bonds. The van der Waals surface area contributed by atoms with Crippen molar-refractivity contribution in [2.45, 2.75) is 18.9 Å². The summed E-state index contributed by atoms with van der Waals surface area (Å²) in [6, 6.07) is 8.51. The van der Waals surface area contributed by atoms with Gasteiger partial charge in [-0.3, -0.25) is 14.5 Å². The molecule has 1 saturated carbocycles. The smallest absolute Gasteiger partial charge is 0.329 e. The van der Waals surface area contributed by atoms with Crippen molar-refractivity contribution < 1.29 is 19.1 Å². The molecule has 1 saturated heterocycles. The van der Waals surface area contributed by atoms with Crippen LogP contribution in [0.1, 0.15) is 12.0 Å². The van der Waals surface area contributed by atoms with E-state index in [9.17, 15) is 14.4 Å². The molecule has 1 aliphatic heterocycles. The first-order valence-corrected chi connectivity index (χ1v) is 8.29. The van der Waals surface area contributed by atoms with Crippen molar-refractivity contribution in [3.63, 3.8) is 0 Å². The maximum Gasteiger partial charge on any atom is 0.329 e. The minimum atomic E-state index is -0.887. The van der Waals surface area contributed by atoms with Gasteiger partial charge in [0.05, 0.1) is 18.9 Å². The van der Waals surface area contributed by atoms with E-state index in [4.69, 9.17) is 4.74 Å². The first-order valence-electron chi connectivity index (χ1n) is 8.29. The zero-order chi connectivity index (χ0) is 16.8. The number of rotatable bonds is 4. The molecule has 5 unspecified atom stereocenters. The predicted molar refractivity (Wildman–Crippen MR) is 85.5 cm³/mol. The predicted octanol–water partition coefficient (Wildman–Crippen LogP) is 1.58. The summed E-state index contributed by atoms with van der Waals surface area (Å²) in [5.74, 6) is -1.29. The van der Waals surface area contributed by atoms with Gasteiger partial charge >= 0.3 is 5.97 Å². The number of carbonyl (C=O) groups excluding carboxylic acids is 3. The molecule has 1 aromatic carbocycles. The van der Waals surface area contributed by atoms with Gasteiger partial charge in [0.15, 0.2) is 0 Å². The molecule has 0 radical (unpaired) electrons. The number of benzene rings is 1. The van der Waals surface area contributed by atoms with Crippen LogP contribution >= 0.6 is 0 Å². The number of likely N-dealkylation sites (tertiary alicyclic amines) is 1. The number of imide groups is 1. The summed E-state index contributed by atoms with van der Waals surface area (Å²) < 4.78 is 4.88. The lowest BCUT2D eigenvalue weighted by atomic mass is 9.85. The maximum atomic E-state index is 12.9. The van der Waals surface area contributed by atoms with Crippen LogP contribution in [0.15, 0.2) is 42.5 Å². The summed E-state index contributed by atoms with van der Waals surface area (Å²) in [7, 11) is 1.29. The lowest BCUT2D eigenvalue weighted by molar-refractivity contribution is -0.157. The molecule has 4 rings (SSSR count). The van der Waals surface area contributed by atoms with Crippen LogP contribution < -0.4 is 0 Å². The molecule has 0 spiro atoms.